The molecular formula is C22H22N2O7. The number of hydrogen-bond acceptors (Lipinski definition) is 8. The fourth-order valence-electron chi connectivity index (χ4n) is 5.04. The average molecular weight is 426 g/mol. The van der Waals surface area contributed by atoms with Crippen LogP contribution in [0.4, 0.5) is 0 Å². The minimum absolute atomic E-state index is 0.0313. The van der Waals surface area contributed by atoms with Gasteiger partial charge in [-0.15, -0.1) is 0 Å². The van der Waals surface area contributed by atoms with Crippen molar-refractivity contribution in [2.75, 3.05) is 14.1 Å². The summed E-state index contributed by atoms with van der Waals surface area (Å²) in [5.74, 6) is -6.18. The van der Waals surface area contributed by atoms with Gasteiger partial charge in [0.25, 0.3) is 5.91 Å². The number of phenolic OH excluding ortho intramolecular Hbond substituents is 2. The van der Waals surface area contributed by atoms with Gasteiger partial charge in [0.2, 0.25) is 5.78 Å². The number of nitrogens with zero attached hydrogens (tertiary/aromatic N) is 1. The molecule has 0 heterocycles. The van der Waals surface area contributed by atoms with Crippen molar-refractivity contribution in [3.8, 4) is 11.5 Å². The summed E-state index contributed by atoms with van der Waals surface area (Å²) in [6, 6.07) is 3.50. The zero-order valence-electron chi connectivity index (χ0n) is 17.1. The van der Waals surface area contributed by atoms with E-state index in [9.17, 15) is 34.8 Å². The number of primary amides is 1. The summed E-state index contributed by atoms with van der Waals surface area (Å²) in [7, 11) is 3.10. The van der Waals surface area contributed by atoms with Crippen molar-refractivity contribution in [2.24, 2.45) is 11.7 Å². The molecule has 9 nitrogen and oxygen atoms in total. The molecule has 2 aliphatic carbocycles. The topological polar surface area (TPSA) is 161 Å². The Hall–Kier alpha value is -3.43. The summed E-state index contributed by atoms with van der Waals surface area (Å²) in [5.41, 5.74) is 2.50. The van der Waals surface area contributed by atoms with Gasteiger partial charge in [-0.1, -0.05) is 12.1 Å². The molecule has 4 rings (SSSR count). The monoisotopic (exact) mass is 426 g/mol. The molecule has 0 bridgehead atoms. The first-order valence-corrected chi connectivity index (χ1v) is 9.61. The highest BCUT2D eigenvalue weighted by atomic mass is 16.3. The molecule has 3 unspecified atom stereocenters. The van der Waals surface area contributed by atoms with E-state index < -0.39 is 52.1 Å². The van der Waals surface area contributed by atoms with Gasteiger partial charge >= 0.3 is 0 Å². The summed E-state index contributed by atoms with van der Waals surface area (Å²) in [4.78, 5) is 39.9. The molecule has 0 aromatic heterocycles. The number of likely N-dealkylation sites (N-methyl/N-ethyl adjacent to an activating group) is 1. The van der Waals surface area contributed by atoms with Gasteiger partial charge in [0, 0.05) is 5.92 Å². The van der Waals surface area contributed by atoms with Crippen LogP contribution in [0.5, 0.6) is 11.5 Å². The van der Waals surface area contributed by atoms with Crippen molar-refractivity contribution >= 4 is 28.2 Å². The third-order valence-electron chi connectivity index (χ3n) is 6.51. The Balaban J connectivity index is 2.11. The fourth-order valence-corrected chi connectivity index (χ4v) is 5.04. The van der Waals surface area contributed by atoms with Gasteiger partial charge in [0.05, 0.1) is 17.0 Å². The number of hydrogen-bond donors (Lipinski definition) is 5. The Morgan fingerprint density at radius 1 is 1.19 bits per heavy atom. The van der Waals surface area contributed by atoms with Crippen molar-refractivity contribution in [3.05, 3.63) is 46.2 Å². The Morgan fingerprint density at radius 2 is 1.84 bits per heavy atom. The van der Waals surface area contributed by atoms with Crippen LogP contribution in [0.25, 0.3) is 10.8 Å². The average Bonchev–Trinajstić information content (AvgIpc) is 2.68. The van der Waals surface area contributed by atoms with Crippen molar-refractivity contribution < 1.29 is 34.8 Å². The number of aliphatic hydroxyl groups is 2. The number of aryl methyl sites for hydroxylation is 1. The summed E-state index contributed by atoms with van der Waals surface area (Å²) in [5, 5.41) is 43.9. The number of Topliss-reactive ketones (excluding diaryl/α,β-unsaturated/α-hetero) is 2. The number of nitrogens with two attached hydrogens (primary N) is 1. The second-order valence-corrected chi connectivity index (χ2v) is 8.29. The molecule has 2 aliphatic rings. The van der Waals surface area contributed by atoms with E-state index in [1.807, 2.05) is 0 Å². The lowest BCUT2D eigenvalue weighted by molar-refractivity contribution is -0.132. The van der Waals surface area contributed by atoms with Crippen molar-refractivity contribution in [3.63, 3.8) is 0 Å². The van der Waals surface area contributed by atoms with Crippen LogP contribution in [0, 0.1) is 12.8 Å². The van der Waals surface area contributed by atoms with Gasteiger partial charge in [0.15, 0.2) is 11.4 Å². The molecule has 0 fully saturated rings. The number of carbonyl (C=O) groups excluding carboxylic acids is 3. The molecule has 31 heavy (non-hydrogen) atoms. The second-order valence-electron chi connectivity index (χ2n) is 8.29. The first-order chi connectivity index (χ1) is 14.4. The highest BCUT2D eigenvalue weighted by molar-refractivity contribution is 6.25. The molecule has 2 aromatic rings. The smallest absolute Gasteiger partial charge is 0.255 e. The van der Waals surface area contributed by atoms with Crippen LogP contribution in [0.2, 0.25) is 0 Å². The number of rotatable bonds is 2. The SMILES string of the molecule is Cc1c2c(c(O)c3c(O)cccc13)C(=O)C1(O)C(O)=C(C(N)=O)C(=O)C(N(C)C)C1C2. The first-order valence-electron chi connectivity index (χ1n) is 9.61. The van der Waals surface area contributed by atoms with Gasteiger partial charge in [-0.3, -0.25) is 19.3 Å². The number of benzene rings is 2. The van der Waals surface area contributed by atoms with E-state index in [0.29, 0.717) is 16.5 Å². The van der Waals surface area contributed by atoms with Crippen LogP contribution in [-0.4, -0.2) is 68.5 Å². The summed E-state index contributed by atoms with van der Waals surface area (Å²) in [6.45, 7) is 1.71. The maximum atomic E-state index is 13.6. The van der Waals surface area contributed by atoms with E-state index >= 15 is 0 Å². The van der Waals surface area contributed by atoms with E-state index in [4.69, 9.17) is 5.73 Å². The van der Waals surface area contributed by atoms with Crippen LogP contribution in [0.15, 0.2) is 29.5 Å². The normalized spacial score (nSPS) is 25.7. The Kier molecular flexibility index (Phi) is 4.39. The maximum Gasteiger partial charge on any atom is 0.255 e. The number of aliphatic hydroxyl groups excluding tert-OH is 1. The molecular weight excluding hydrogens is 404 g/mol. The lowest BCUT2D eigenvalue weighted by Gasteiger charge is -2.47. The molecule has 0 aliphatic heterocycles. The Labute approximate surface area is 177 Å². The van der Waals surface area contributed by atoms with Gasteiger partial charge in [-0.2, -0.15) is 0 Å². The van der Waals surface area contributed by atoms with Gasteiger partial charge in [0.1, 0.15) is 22.8 Å². The van der Waals surface area contributed by atoms with Crippen LogP contribution in [0.3, 0.4) is 0 Å². The number of ketones is 2. The van der Waals surface area contributed by atoms with Gasteiger partial charge in [-0.25, -0.2) is 0 Å². The number of fused-ring (bicyclic) bond motifs is 3. The van der Waals surface area contributed by atoms with E-state index in [0.717, 1.165) is 0 Å². The summed E-state index contributed by atoms with van der Waals surface area (Å²) < 4.78 is 0. The molecule has 0 spiro atoms. The quantitative estimate of drug-likeness (QED) is 0.433. The largest absolute Gasteiger partial charge is 0.508 e. The Bertz CT molecular complexity index is 1230. The van der Waals surface area contributed by atoms with Crippen LogP contribution >= 0.6 is 0 Å². The van der Waals surface area contributed by atoms with Crippen molar-refractivity contribution in [2.45, 2.75) is 25.0 Å². The third kappa shape index (κ3) is 2.47. The Morgan fingerprint density at radius 3 is 2.42 bits per heavy atom. The summed E-state index contributed by atoms with van der Waals surface area (Å²) in [6.07, 6.45) is -0.0484. The lowest BCUT2D eigenvalue weighted by atomic mass is 9.61. The minimum Gasteiger partial charge on any atom is -0.508 e. The number of amides is 1. The van der Waals surface area contributed by atoms with Gasteiger partial charge < -0.3 is 26.2 Å². The first kappa shape index (κ1) is 20.8. The molecule has 2 aromatic carbocycles. The van der Waals surface area contributed by atoms with E-state index in [1.54, 1.807) is 33.2 Å². The zero-order chi connectivity index (χ0) is 23.0. The van der Waals surface area contributed by atoms with Crippen LogP contribution < -0.4 is 5.73 Å². The highest BCUT2D eigenvalue weighted by Gasteiger charge is 2.62. The minimum atomic E-state index is -2.65. The molecule has 0 saturated heterocycles. The predicted octanol–water partition coefficient (Wildman–Crippen LogP) is 0.456. The molecule has 6 N–H and O–H groups in total. The highest BCUT2D eigenvalue weighted by Crippen LogP contribution is 2.50. The molecule has 1 amide bonds. The van der Waals surface area contributed by atoms with Crippen LogP contribution in [-0.2, 0) is 16.0 Å². The molecule has 162 valence electrons. The van der Waals surface area contributed by atoms with Gasteiger partial charge in [-0.05, 0) is 50.0 Å². The number of aromatic hydroxyl groups is 2. The van der Waals surface area contributed by atoms with Crippen LogP contribution in [0.1, 0.15) is 21.5 Å². The predicted molar refractivity (Wildman–Crippen MR) is 110 cm³/mol. The third-order valence-corrected chi connectivity index (χ3v) is 6.51. The lowest BCUT2D eigenvalue weighted by Crippen LogP contribution is -2.64. The fraction of sp³-hybridized carbons (Fsp3) is 0.318. The number of carbonyl (C=O) groups is 3. The van der Waals surface area contributed by atoms with E-state index in [-0.39, 0.29) is 23.1 Å². The van der Waals surface area contributed by atoms with Crippen molar-refractivity contribution in [1.82, 2.24) is 4.90 Å². The summed E-state index contributed by atoms with van der Waals surface area (Å²) >= 11 is 0. The molecule has 0 saturated carbocycles. The van der Waals surface area contributed by atoms with Crippen molar-refractivity contribution in [1.29, 1.82) is 0 Å². The van der Waals surface area contributed by atoms with E-state index in [1.165, 1.54) is 11.0 Å². The molecule has 0 radical (unpaired) electrons. The van der Waals surface area contributed by atoms with E-state index in [2.05, 4.69) is 0 Å². The zero-order valence-corrected chi connectivity index (χ0v) is 17.1. The second kappa shape index (κ2) is 6.53. The molecule has 9 heteroatoms. The number of phenols is 2. The maximum absolute atomic E-state index is 13.6. The molecule has 3 atom stereocenters. The standard InChI is InChI=1S/C22H22N2O7/c1-8-9-5-4-6-12(25)13(9)17(26)14-10(8)7-11-16(24(2)3)18(27)15(21(23)30)20(29)22(11,31)19(14)28/h4-6,11,16,25-26,29,31H,7H2,1-3H3,(H2,23,30).